The van der Waals surface area contributed by atoms with Crippen LogP contribution in [-0.2, 0) is 6.54 Å². The Morgan fingerprint density at radius 2 is 1.90 bits per heavy atom. The summed E-state index contributed by atoms with van der Waals surface area (Å²) in [5.74, 6) is 0.875. The molecule has 0 bridgehead atoms. The summed E-state index contributed by atoms with van der Waals surface area (Å²) in [6.07, 6.45) is 1.82. The van der Waals surface area contributed by atoms with Crippen molar-refractivity contribution in [2.45, 2.75) is 6.54 Å². The van der Waals surface area contributed by atoms with Crippen LogP contribution in [0.1, 0.15) is 5.56 Å². The minimum atomic E-state index is 0.743. The van der Waals surface area contributed by atoms with Gasteiger partial charge in [-0.1, -0.05) is 30.3 Å². The second-order valence-electron chi connectivity index (χ2n) is 4.59. The normalized spacial score (nSPS) is 10.4. The van der Waals surface area contributed by atoms with Gasteiger partial charge in [0.05, 0.1) is 18.3 Å². The quantitative estimate of drug-likeness (QED) is 0.777. The molecule has 0 atom stereocenters. The third kappa shape index (κ3) is 2.57. The highest BCUT2D eigenvalue weighted by atomic mass is 16.5. The molecule has 0 spiro atoms. The molecular weight excluding hydrogens is 248 g/mol. The zero-order chi connectivity index (χ0) is 13.8. The molecule has 3 nitrogen and oxygen atoms in total. The van der Waals surface area contributed by atoms with Crippen LogP contribution in [0.2, 0.25) is 0 Å². The summed E-state index contributed by atoms with van der Waals surface area (Å²) in [4.78, 5) is 4.44. The molecule has 20 heavy (non-hydrogen) atoms. The standard InChI is InChI=1S/C17H16N2O/c1-20-15-8-2-5-13(11-15)12-19-16-9-3-6-14-7-4-10-18-17(14)16/h2-11,19H,12H2,1H3. The topological polar surface area (TPSA) is 34.1 Å². The molecule has 1 aromatic heterocycles. The second-order valence-corrected chi connectivity index (χ2v) is 4.59. The van der Waals surface area contributed by atoms with E-state index in [4.69, 9.17) is 4.74 Å². The number of para-hydroxylation sites is 1. The van der Waals surface area contributed by atoms with Crippen LogP contribution in [0.3, 0.4) is 0 Å². The van der Waals surface area contributed by atoms with E-state index in [1.54, 1.807) is 7.11 Å². The smallest absolute Gasteiger partial charge is 0.119 e. The zero-order valence-electron chi connectivity index (χ0n) is 11.3. The van der Waals surface area contributed by atoms with Crippen molar-refractivity contribution >= 4 is 16.6 Å². The van der Waals surface area contributed by atoms with Crippen LogP contribution in [0, 0.1) is 0 Å². The van der Waals surface area contributed by atoms with Gasteiger partial charge in [-0.25, -0.2) is 0 Å². The molecule has 3 rings (SSSR count). The van der Waals surface area contributed by atoms with Gasteiger partial charge in [0, 0.05) is 18.1 Å². The van der Waals surface area contributed by atoms with Gasteiger partial charge in [-0.3, -0.25) is 4.98 Å². The Hall–Kier alpha value is -2.55. The first kappa shape index (κ1) is 12.5. The molecule has 100 valence electrons. The number of hydrogen-bond acceptors (Lipinski definition) is 3. The highest BCUT2D eigenvalue weighted by Crippen LogP contribution is 2.21. The molecule has 1 N–H and O–H groups in total. The highest BCUT2D eigenvalue weighted by Gasteiger charge is 2.01. The van der Waals surface area contributed by atoms with Gasteiger partial charge in [0.1, 0.15) is 5.75 Å². The van der Waals surface area contributed by atoms with Crippen molar-refractivity contribution in [3.8, 4) is 5.75 Å². The van der Waals surface area contributed by atoms with Crippen LogP contribution in [0.15, 0.2) is 60.8 Å². The Morgan fingerprint density at radius 3 is 2.80 bits per heavy atom. The van der Waals surface area contributed by atoms with Crippen LogP contribution >= 0.6 is 0 Å². The Balaban J connectivity index is 1.83. The van der Waals surface area contributed by atoms with Crippen LogP contribution < -0.4 is 10.1 Å². The van der Waals surface area contributed by atoms with Gasteiger partial charge in [0.25, 0.3) is 0 Å². The average molecular weight is 264 g/mol. The fourth-order valence-corrected chi connectivity index (χ4v) is 2.23. The minimum absolute atomic E-state index is 0.743. The zero-order valence-corrected chi connectivity index (χ0v) is 11.3. The number of anilines is 1. The lowest BCUT2D eigenvalue weighted by Gasteiger charge is -2.10. The predicted molar refractivity (Wildman–Crippen MR) is 82.1 cm³/mol. The van der Waals surface area contributed by atoms with Crippen LogP contribution in [0.5, 0.6) is 5.75 Å². The Kier molecular flexibility index (Phi) is 3.50. The van der Waals surface area contributed by atoms with E-state index in [2.05, 4.69) is 34.6 Å². The van der Waals surface area contributed by atoms with Gasteiger partial charge < -0.3 is 10.1 Å². The van der Waals surface area contributed by atoms with E-state index >= 15 is 0 Å². The molecule has 0 fully saturated rings. The predicted octanol–water partition coefficient (Wildman–Crippen LogP) is 3.86. The van der Waals surface area contributed by atoms with Crippen molar-refractivity contribution in [2.75, 3.05) is 12.4 Å². The SMILES string of the molecule is COc1cccc(CNc2cccc3cccnc23)c1. The van der Waals surface area contributed by atoms with E-state index in [0.29, 0.717) is 0 Å². The van der Waals surface area contributed by atoms with Gasteiger partial charge in [0.15, 0.2) is 0 Å². The number of nitrogens with one attached hydrogen (secondary N) is 1. The number of aromatic nitrogens is 1. The number of pyridine rings is 1. The van der Waals surface area contributed by atoms with Gasteiger partial charge in [-0.2, -0.15) is 0 Å². The molecule has 1 heterocycles. The van der Waals surface area contributed by atoms with Crippen LogP contribution in [0.25, 0.3) is 10.9 Å². The first-order chi connectivity index (χ1) is 9.86. The molecule has 0 radical (unpaired) electrons. The van der Waals surface area contributed by atoms with E-state index < -0.39 is 0 Å². The summed E-state index contributed by atoms with van der Waals surface area (Å²) in [5.41, 5.74) is 3.22. The highest BCUT2D eigenvalue weighted by molar-refractivity contribution is 5.90. The summed E-state index contributed by atoms with van der Waals surface area (Å²) < 4.78 is 5.24. The number of nitrogens with zero attached hydrogens (tertiary/aromatic N) is 1. The molecule has 2 aromatic carbocycles. The van der Waals surface area contributed by atoms with E-state index in [1.807, 2.05) is 36.5 Å². The van der Waals surface area contributed by atoms with Crippen molar-refractivity contribution in [2.24, 2.45) is 0 Å². The van der Waals surface area contributed by atoms with Crippen molar-refractivity contribution in [1.29, 1.82) is 0 Å². The largest absolute Gasteiger partial charge is 0.497 e. The fourth-order valence-electron chi connectivity index (χ4n) is 2.23. The molecule has 0 amide bonds. The lowest BCUT2D eigenvalue weighted by molar-refractivity contribution is 0.414. The first-order valence-electron chi connectivity index (χ1n) is 6.57. The fraction of sp³-hybridized carbons (Fsp3) is 0.118. The van der Waals surface area contributed by atoms with Crippen molar-refractivity contribution in [3.05, 3.63) is 66.4 Å². The van der Waals surface area contributed by atoms with E-state index in [1.165, 1.54) is 5.56 Å². The molecule has 0 aliphatic heterocycles. The second kappa shape index (κ2) is 5.61. The molecule has 0 saturated heterocycles. The number of fused-ring (bicyclic) bond motifs is 1. The molecule has 3 aromatic rings. The Morgan fingerprint density at radius 1 is 1.05 bits per heavy atom. The van der Waals surface area contributed by atoms with Gasteiger partial charge in [-0.05, 0) is 29.8 Å². The maximum Gasteiger partial charge on any atom is 0.119 e. The maximum absolute atomic E-state index is 5.24. The molecule has 0 unspecified atom stereocenters. The number of hydrogen-bond donors (Lipinski definition) is 1. The molecule has 0 aliphatic rings. The monoisotopic (exact) mass is 264 g/mol. The summed E-state index contributed by atoms with van der Waals surface area (Å²) >= 11 is 0. The van der Waals surface area contributed by atoms with Crippen molar-refractivity contribution in [3.63, 3.8) is 0 Å². The number of benzene rings is 2. The third-order valence-electron chi connectivity index (χ3n) is 3.25. The molecule has 0 aliphatic carbocycles. The summed E-state index contributed by atoms with van der Waals surface area (Å²) in [5, 5.41) is 4.58. The minimum Gasteiger partial charge on any atom is -0.497 e. The summed E-state index contributed by atoms with van der Waals surface area (Å²) in [6.45, 7) is 0.743. The Bertz CT molecular complexity index is 720. The van der Waals surface area contributed by atoms with Gasteiger partial charge in [0.2, 0.25) is 0 Å². The van der Waals surface area contributed by atoms with Gasteiger partial charge in [-0.15, -0.1) is 0 Å². The lowest BCUT2D eigenvalue weighted by atomic mass is 10.1. The average Bonchev–Trinajstić information content (AvgIpc) is 2.53. The number of rotatable bonds is 4. The van der Waals surface area contributed by atoms with E-state index in [-0.39, 0.29) is 0 Å². The number of methoxy groups -OCH3 is 1. The van der Waals surface area contributed by atoms with Crippen LogP contribution in [-0.4, -0.2) is 12.1 Å². The summed E-state index contributed by atoms with van der Waals surface area (Å²) in [6, 6.07) is 18.2. The third-order valence-corrected chi connectivity index (χ3v) is 3.25. The van der Waals surface area contributed by atoms with E-state index in [9.17, 15) is 0 Å². The lowest BCUT2D eigenvalue weighted by Crippen LogP contribution is -2.00. The number of ether oxygens (including phenoxy) is 1. The van der Waals surface area contributed by atoms with Crippen LogP contribution in [0.4, 0.5) is 5.69 Å². The maximum atomic E-state index is 5.24. The molecule has 3 heteroatoms. The van der Waals surface area contributed by atoms with Crippen molar-refractivity contribution < 1.29 is 4.74 Å². The summed E-state index contributed by atoms with van der Waals surface area (Å²) in [7, 11) is 1.68. The molecule has 0 saturated carbocycles. The molecular formula is C17H16N2O. The van der Waals surface area contributed by atoms with Gasteiger partial charge >= 0.3 is 0 Å². The Labute approximate surface area is 118 Å². The van der Waals surface area contributed by atoms with E-state index in [0.717, 1.165) is 28.9 Å². The van der Waals surface area contributed by atoms with Crippen molar-refractivity contribution in [1.82, 2.24) is 4.98 Å². The first-order valence-corrected chi connectivity index (χ1v) is 6.57.